The Hall–Kier alpha value is -2.67. The molecule has 0 fully saturated rings. The van der Waals surface area contributed by atoms with E-state index in [4.69, 9.17) is 4.42 Å². The van der Waals surface area contributed by atoms with Gasteiger partial charge in [-0.05, 0) is 39.1 Å². The fourth-order valence-corrected chi connectivity index (χ4v) is 2.53. The number of furan rings is 1. The van der Waals surface area contributed by atoms with Gasteiger partial charge in [-0.3, -0.25) is 4.79 Å². The molecule has 7 nitrogen and oxygen atoms in total. The Bertz CT molecular complexity index is 836. The van der Waals surface area contributed by atoms with E-state index in [9.17, 15) is 4.79 Å². The Morgan fingerprint density at radius 2 is 2.21 bits per heavy atom. The molecule has 0 saturated heterocycles. The van der Waals surface area contributed by atoms with Gasteiger partial charge in [0.1, 0.15) is 5.69 Å². The smallest absolute Gasteiger partial charge is 0.252 e. The summed E-state index contributed by atoms with van der Waals surface area (Å²) in [5.74, 6) is 0.478. The minimum absolute atomic E-state index is 0.141. The SMILES string of the molecule is CNCCNC(=O)c1cc(-c2ccco2)nc2c1cnn2C(C)C. The predicted molar refractivity (Wildman–Crippen MR) is 91.9 cm³/mol. The summed E-state index contributed by atoms with van der Waals surface area (Å²) in [5.41, 5.74) is 1.85. The average molecular weight is 327 g/mol. The fourth-order valence-electron chi connectivity index (χ4n) is 2.53. The Labute approximate surface area is 140 Å². The van der Waals surface area contributed by atoms with Gasteiger partial charge in [0.05, 0.1) is 23.4 Å². The number of aromatic nitrogens is 3. The molecule has 1 amide bonds. The average Bonchev–Trinajstić information content (AvgIpc) is 3.23. The van der Waals surface area contributed by atoms with Gasteiger partial charge in [0, 0.05) is 19.1 Å². The molecule has 0 unspecified atom stereocenters. The summed E-state index contributed by atoms with van der Waals surface area (Å²) in [4.78, 5) is 17.3. The first kappa shape index (κ1) is 16.2. The Kier molecular flexibility index (Phi) is 4.61. The lowest BCUT2D eigenvalue weighted by molar-refractivity contribution is 0.0955. The summed E-state index contributed by atoms with van der Waals surface area (Å²) in [6, 6.07) is 5.52. The summed E-state index contributed by atoms with van der Waals surface area (Å²) in [6.45, 7) is 5.31. The molecule has 0 radical (unpaired) electrons. The second kappa shape index (κ2) is 6.84. The van der Waals surface area contributed by atoms with Crippen LogP contribution in [0.5, 0.6) is 0 Å². The molecule has 0 spiro atoms. The zero-order chi connectivity index (χ0) is 17.1. The normalized spacial score (nSPS) is 11.3. The van der Waals surface area contributed by atoms with Crippen molar-refractivity contribution in [1.82, 2.24) is 25.4 Å². The highest BCUT2D eigenvalue weighted by Gasteiger charge is 2.19. The quantitative estimate of drug-likeness (QED) is 0.678. The van der Waals surface area contributed by atoms with Gasteiger partial charge in [0.15, 0.2) is 11.4 Å². The van der Waals surface area contributed by atoms with Crippen molar-refractivity contribution in [2.75, 3.05) is 20.1 Å². The zero-order valence-electron chi connectivity index (χ0n) is 14.0. The molecule has 0 aliphatic rings. The topological polar surface area (TPSA) is 85.0 Å². The van der Waals surface area contributed by atoms with Gasteiger partial charge in [-0.25, -0.2) is 9.67 Å². The molecule has 0 atom stereocenters. The van der Waals surface area contributed by atoms with E-state index in [1.54, 1.807) is 24.6 Å². The molecule has 2 N–H and O–H groups in total. The molecule has 0 saturated carbocycles. The van der Waals surface area contributed by atoms with Crippen LogP contribution in [0.4, 0.5) is 0 Å². The molecule has 3 aromatic heterocycles. The van der Waals surface area contributed by atoms with Crippen LogP contribution in [0, 0.1) is 0 Å². The van der Waals surface area contributed by atoms with Crippen LogP contribution in [0.1, 0.15) is 30.2 Å². The lowest BCUT2D eigenvalue weighted by Gasteiger charge is -2.10. The van der Waals surface area contributed by atoms with Crippen LogP contribution in [-0.4, -0.2) is 40.8 Å². The molecule has 7 heteroatoms. The van der Waals surface area contributed by atoms with Gasteiger partial charge in [-0.1, -0.05) is 0 Å². The van der Waals surface area contributed by atoms with Crippen molar-refractivity contribution in [2.45, 2.75) is 19.9 Å². The van der Waals surface area contributed by atoms with Crippen LogP contribution in [0.25, 0.3) is 22.5 Å². The molecule has 126 valence electrons. The minimum atomic E-state index is -0.145. The maximum absolute atomic E-state index is 12.6. The maximum Gasteiger partial charge on any atom is 0.252 e. The van der Waals surface area contributed by atoms with E-state index in [0.717, 1.165) is 5.39 Å². The number of fused-ring (bicyclic) bond motifs is 1. The molecular formula is C17H21N5O2. The number of nitrogens with zero attached hydrogens (tertiary/aromatic N) is 3. The highest BCUT2D eigenvalue weighted by Crippen LogP contribution is 2.26. The van der Waals surface area contributed by atoms with E-state index in [2.05, 4.69) is 20.7 Å². The molecule has 3 heterocycles. The first-order chi connectivity index (χ1) is 11.6. The third kappa shape index (κ3) is 3.03. The monoisotopic (exact) mass is 327 g/mol. The standard InChI is InChI=1S/C17H21N5O2/c1-11(2)22-16-13(10-20-22)12(17(23)19-7-6-18-3)9-14(21-16)15-5-4-8-24-15/h4-5,8-11,18H,6-7H2,1-3H3,(H,19,23). The third-order valence-electron chi connectivity index (χ3n) is 3.73. The van der Waals surface area contributed by atoms with Gasteiger partial charge in [0.2, 0.25) is 0 Å². The van der Waals surface area contributed by atoms with Crippen LogP contribution >= 0.6 is 0 Å². The van der Waals surface area contributed by atoms with Gasteiger partial charge in [-0.15, -0.1) is 0 Å². The highest BCUT2D eigenvalue weighted by molar-refractivity contribution is 6.06. The second-order valence-corrected chi connectivity index (χ2v) is 5.81. The van der Waals surface area contributed by atoms with Crippen molar-refractivity contribution < 1.29 is 9.21 Å². The minimum Gasteiger partial charge on any atom is -0.463 e. The molecule has 0 aliphatic heterocycles. The number of carbonyl (C=O) groups is 1. The van der Waals surface area contributed by atoms with E-state index in [0.29, 0.717) is 35.8 Å². The summed E-state index contributed by atoms with van der Waals surface area (Å²) in [7, 11) is 1.85. The van der Waals surface area contributed by atoms with Crippen molar-refractivity contribution >= 4 is 16.9 Å². The lowest BCUT2D eigenvalue weighted by atomic mass is 10.1. The summed E-state index contributed by atoms with van der Waals surface area (Å²) in [5, 5.41) is 11.0. The van der Waals surface area contributed by atoms with Gasteiger partial charge in [0.25, 0.3) is 5.91 Å². The van der Waals surface area contributed by atoms with Crippen LogP contribution in [0.2, 0.25) is 0 Å². The van der Waals surface area contributed by atoms with Crippen molar-refractivity contribution in [3.63, 3.8) is 0 Å². The number of amides is 1. The largest absolute Gasteiger partial charge is 0.463 e. The molecule has 0 aromatic carbocycles. The number of likely N-dealkylation sites (N-methyl/N-ethyl adjacent to an activating group) is 1. The fraction of sp³-hybridized carbons (Fsp3) is 0.353. The number of hydrogen-bond acceptors (Lipinski definition) is 5. The predicted octanol–water partition coefficient (Wildman–Crippen LogP) is 2.22. The lowest BCUT2D eigenvalue weighted by Crippen LogP contribution is -2.30. The van der Waals surface area contributed by atoms with E-state index in [1.165, 1.54) is 0 Å². The molecule has 3 aromatic rings. The Morgan fingerprint density at radius 1 is 1.38 bits per heavy atom. The molecule has 0 bridgehead atoms. The van der Waals surface area contributed by atoms with E-state index < -0.39 is 0 Å². The number of nitrogens with one attached hydrogen (secondary N) is 2. The second-order valence-electron chi connectivity index (χ2n) is 5.81. The van der Waals surface area contributed by atoms with E-state index in [1.807, 2.05) is 31.6 Å². The van der Waals surface area contributed by atoms with Crippen LogP contribution in [0.15, 0.2) is 35.1 Å². The van der Waals surface area contributed by atoms with Gasteiger partial charge < -0.3 is 15.1 Å². The third-order valence-corrected chi connectivity index (χ3v) is 3.73. The molecule has 24 heavy (non-hydrogen) atoms. The first-order valence-corrected chi connectivity index (χ1v) is 7.96. The van der Waals surface area contributed by atoms with E-state index >= 15 is 0 Å². The van der Waals surface area contributed by atoms with Crippen molar-refractivity contribution in [3.8, 4) is 11.5 Å². The maximum atomic E-state index is 12.6. The number of rotatable bonds is 6. The summed E-state index contributed by atoms with van der Waals surface area (Å²) >= 11 is 0. The van der Waals surface area contributed by atoms with Gasteiger partial charge in [-0.2, -0.15) is 5.10 Å². The first-order valence-electron chi connectivity index (χ1n) is 7.96. The molecular weight excluding hydrogens is 306 g/mol. The number of carbonyl (C=O) groups excluding carboxylic acids is 1. The number of hydrogen-bond donors (Lipinski definition) is 2. The summed E-state index contributed by atoms with van der Waals surface area (Å²) < 4.78 is 7.26. The van der Waals surface area contributed by atoms with Crippen molar-refractivity contribution in [1.29, 1.82) is 0 Å². The summed E-state index contributed by atoms with van der Waals surface area (Å²) in [6.07, 6.45) is 3.29. The van der Waals surface area contributed by atoms with Crippen LogP contribution in [-0.2, 0) is 0 Å². The molecule has 3 rings (SSSR count). The van der Waals surface area contributed by atoms with E-state index in [-0.39, 0.29) is 11.9 Å². The van der Waals surface area contributed by atoms with Crippen LogP contribution in [0.3, 0.4) is 0 Å². The van der Waals surface area contributed by atoms with Crippen molar-refractivity contribution in [2.24, 2.45) is 0 Å². The highest BCUT2D eigenvalue weighted by atomic mass is 16.3. The number of pyridine rings is 1. The Balaban J connectivity index is 2.10. The van der Waals surface area contributed by atoms with Crippen LogP contribution < -0.4 is 10.6 Å². The van der Waals surface area contributed by atoms with Gasteiger partial charge >= 0.3 is 0 Å². The van der Waals surface area contributed by atoms with Crippen molar-refractivity contribution in [3.05, 3.63) is 36.2 Å². The molecule has 0 aliphatic carbocycles. The zero-order valence-corrected chi connectivity index (χ0v) is 14.0. The Morgan fingerprint density at radius 3 is 2.88 bits per heavy atom.